The van der Waals surface area contributed by atoms with Gasteiger partial charge in [0.2, 0.25) is 5.95 Å². The summed E-state index contributed by atoms with van der Waals surface area (Å²) in [6.07, 6.45) is 2.82. The van der Waals surface area contributed by atoms with E-state index in [1.54, 1.807) is 0 Å². The molecule has 58 valence electrons. The molecule has 0 saturated heterocycles. The Labute approximate surface area is 72.0 Å². The largest absolute Gasteiger partial charge is 0.368 e. The van der Waals surface area contributed by atoms with Gasteiger partial charge in [0.05, 0.1) is 10.9 Å². The van der Waals surface area contributed by atoms with Gasteiger partial charge in [0.15, 0.2) is 5.78 Å². The Kier molecular flexibility index (Phi) is 2.53. The maximum absolute atomic E-state index is 11.0. The number of hydrogen-bond acceptors (Lipinski definition) is 4. The minimum Gasteiger partial charge on any atom is -0.368 e. The summed E-state index contributed by atoms with van der Waals surface area (Å²) < 4.78 is 0. The van der Waals surface area contributed by atoms with E-state index in [2.05, 4.69) is 25.9 Å². The van der Waals surface area contributed by atoms with Crippen LogP contribution in [0.25, 0.3) is 0 Å². The Bertz CT molecular complexity index is 259. The molecule has 0 aliphatic heterocycles. The molecule has 0 fully saturated rings. The van der Waals surface area contributed by atoms with Crippen molar-refractivity contribution in [3.8, 4) is 0 Å². The second-order valence-electron chi connectivity index (χ2n) is 1.89. The number of nitrogens with zero attached hydrogens (tertiary/aromatic N) is 2. The molecule has 0 saturated carbocycles. The molecule has 1 aromatic heterocycles. The zero-order valence-corrected chi connectivity index (χ0v) is 7.21. The van der Waals surface area contributed by atoms with Crippen LogP contribution in [0.2, 0.25) is 0 Å². The van der Waals surface area contributed by atoms with Crippen LogP contribution in [0.1, 0.15) is 10.4 Å². The summed E-state index contributed by atoms with van der Waals surface area (Å²) in [6.45, 7) is 0. The van der Waals surface area contributed by atoms with E-state index in [0.29, 0.717) is 5.56 Å². The van der Waals surface area contributed by atoms with Gasteiger partial charge in [-0.25, -0.2) is 9.97 Å². The molecule has 0 aliphatic carbocycles. The van der Waals surface area contributed by atoms with Crippen molar-refractivity contribution >= 4 is 27.7 Å². The highest BCUT2D eigenvalue weighted by Crippen LogP contribution is 2.00. The number of nitrogen functional groups attached to an aromatic ring is 1. The first-order valence-electron chi connectivity index (χ1n) is 2.90. The molecule has 0 spiro atoms. The lowest BCUT2D eigenvalue weighted by Gasteiger charge is -1.94. The van der Waals surface area contributed by atoms with Crippen molar-refractivity contribution in [3.63, 3.8) is 0 Å². The highest BCUT2D eigenvalue weighted by molar-refractivity contribution is 9.09. The number of halogens is 1. The van der Waals surface area contributed by atoms with Crippen LogP contribution in [0.4, 0.5) is 5.95 Å². The van der Waals surface area contributed by atoms with Gasteiger partial charge >= 0.3 is 0 Å². The van der Waals surface area contributed by atoms with Gasteiger partial charge < -0.3 is 5.73 Å². The molecule has 1 rings (SSSR count). The fraction of sp³-hybridized carbons (Fsp3) is 0.167. The van der Waals surface area contributed by atoms with Crippen LogP contribution < -0.4 is 5.73 Å². The Morgan fingerprint density at radius 1 is 1.55 bits per heavy atom. The molecule has 2 N–H and O–H groups in total. The zero-order chi connectivity index (χ0) is 8.27. The van der Waals surface area contributed by atoms with Crippen molar-refractivity contribution in [2.45, 2.75) is 0 Å². The standard InChI is InChI=1S/C6H6BrN3O/c7-1-5(11)4-2-9-6(8)10-3-4/h2-3H,1H2,(H2,8,9,10). The topological polar surface area (TPSA) is 68.9 Å². The Morgan fingerprint density at radius 2 is 2.09 bits per heavy atom. The summed E-state index contributed by atoms with van der Waals surface area (Å²) >= 11 is 3.03. The van der Waals surface area contributed by atoms with Crippen LogP contribution in [-0.4, -0.2) is 21.1 Å². The van der Waals surface area contributed by atoms with Gasteiger partial charge in [-0.05, 0) is 0 Å². The third kappa shape index (κ3) is 1.98. The first-order chi connectivity index (χ1) is 5.24. The number of carbonyl (C=O) groups excluding carboxylic acids is 1. The van der Waals surface area contributed by atoms with Gasteiger partial charge in [0.25, 0.3) is 0 Å². The first-order valence-corrected chi connectivity index (χ1v) is 4.03. The molecule has 0 bridgehead atoms. The number of Topliss-reactive ketones (excluding diaryl/α,β-unsaturated/α-hetero) is 1. The number of aromatic nitrogens is 2. The van der Waals surface area contributed by atoms with Gasteiger partial charge in [-0.3, -0.25) is 4.79 Å². The second kappa shape index (κ2) is 3.43. The number of carbonyl (C=O) groups is 1. The second-order valence-corrected chi connectivity index (χ2v) is 2.45. The van der Waals surface area contributed by atoms with Gasteiger partial charge in [0, 0.05) is 12.4 Å². The maximum atomic E-state index is 11.0. The molecular formula is C6H6BrN3O. The lowest BCUT2D eigenvalue weighted by Crippen LogP contribution is -2.03. The number of alkyl halides is 1. The van der Waals surface area contributed by atoms with Crippen LogP contribution >= 0.6 is 15.9 Å². The normalized spacial score (nSPS) is 9.55. The van der Waals surface area contributed by atoms with Crippen molar-refractivity contribution in [1.82, 2.24) is 9.97 Å². The van der Waals surface area contributed by atoms with E-state index in [0.717, 1.165) is 0 Å². The summed E-state index contributed by atoms with van der Waals surface area (Å²) in [6, 6.07) is 0. The number of anilines is 1. The fourth-order valence-electron chi connectivity index (χ4n) is 0.559. The van der Waals surface area contributed by atoms with Crippen molar-refractivity contribution in [1.29, 1.82) is 0 Å². The molecular weight excluding hydrogens is 210 g/mol. The number of hydrogen-bond donors (Lipinski definition) is 1. The molecule has 0 amide bonds. The average molecular weight is 216 g/mol. The Hall–Kier alpha value is -0.970. The lowest BCUT2D eigenvalue weighted by atomic mass is 10.2. The number of nitrogens with two attached hydrogens (primary N) is 1. The Balaban J connectivity index is 2.90. The van der Waals surface area contributed by atoms with Crippen LogP contribution in [0.5, 0.6) is 0 Å². The minimum absolute atomic E-state index is 0.0509. The molecule has 0 unspecified atom stereocenters. The molecule has 0 atom stereocenters. The minimum atomic E-state index is -0.0509. The molecule has 5 heteroatoms. The highest BCUT2D eigenvalue weighted by Gasteiger charge is 2.03. The molecule has 0 radical (unpaired) electrons. The van der Waals surface area contributed by atoms with Crippen molar-refractivity contribution in [2.75, 3.05) is 11.1 Å². The maximum Gasteiger partial charge on any atom is 0.219 e. The predicted molar refractivity (Wildman–Crippen MR) is 44.6 cm³/mol. The molecule has 11 heavy (non-hydrogen) atoms. The number of ketones is 1. The van der Waals surface area contributed by atoms with Crippen LogP contribution in [-0.2, 0) is 0 Å². The first kappa shape index (κ1) is 8.13. The molecule has 4 nitrogen and oxygen atoms in total. The summed E-state index contributed by atoms with van der Waals surface area (Å²) in [5.74, 6) is 0.126. The van der Waals surface area contributed by atoms with Gasteiger partial charge in [-0.15, -0.1) is 0 Å². The van der Waals surface area contributed by atoms with E-state index in [4.69, 9.17) is 5.73 Å². The molecule has 0 aliphatic rings. The van der Waals surface area contributed by atoms with Crippen LogP contribution in [0.15, 0.2) is 12.4 Å². The van der Waals surface area contributed by atoms with Crippen molar-refractivity contribution < 1.29 is 4.79 Å². The predicted octanol–water partition coefficient (Wildman–Crippen LogP) is 0.636. The van der Waals surface area contributed by atoms with Gasteiger partial charge in [-0.1, -0.05) is 15.9 Å². The van der Waals surface area contributed by atoms with Crippen molar-refractivity contribution in [2.24, 2.45) is 0 Å². The molecule has 1 aromatic rings. The van der Waals surface area contributed by atoms with E-state index in [9.17, 15) is 4.79 Å². The fourth-order valence-corrected chi connectivity index (χ4v) is 0.883. The smallest absolute Gasteiger partial charge is 0.219 e. The monoisotopic (exact) mass is 215 g/mol. The summed E-state index contributed by atoms with van der Waals surface area (Å²) in [5, 5.41) is 0.278. The third-order valence-electron chi connectivity index (χ3n) is 1.12. The van der Waals surface area contributed by atoms with E-state index >= 15 is 0 Å². The van der Waals surface area contributed by atoms with E-state index < -0.39 is 0 Å². The quantitative estimate of drug-likeness (QED) is 0.581. The Morgan fingerprint density at radius 3 is 2.55 bits per heavy atom. The van der Waals surface area contributed by atoms with Gasteiger partial charge in [-0.2, -0.15) is 0 Å². The van der Waals surface area contributed by atoms with Crippen molar-refractivity contribution in [3.05, 3.63) is 18.0 Å². The van der Waals surface area contributed by atoms with E-state index in [1.807, 2.05) is 0 Å². The lowest BCUT2D eigenvalue weighted by molar-refractivity contribution is 0.102. The SMILES string of the molecule is Nc1ncc(C(=O)CBr)cn1. The van der Waals surface area contributed by atoms with Crippen LogP contribution in [0.3, 0.4) is 0 Å². The summed E-state index contributed by atoms with van der Waals surface area (Å²) in [5.41, 5.74) is 5.69. The van der Waals surface area contributed by atoms with Gasteiger partial charge in [0.1, 0.15) is 0 Å². The highest BCUT2D eigenvalue weighted by atomic mass is 79.9. The third-order valence-corrected chi connectivity index (χ3v) is 1.62. The molecule has 0 aromatic carbocycles. The summed E-state index contributed by atoms with van der Waals surface area (Å²) in [4.78, 5) is 18.3. The molecule has 1 heterocycles. The average Bonchev–Trinajstić information content (AvgIpc) is 2.05. The van der Waals surface area contributed by atoms with E-state index in [1.165, 1.54) is 12.4 Å². The van der Waals surface area contributed by atoms with E-state index in [-0.39, 0.29) is 17.1 Å². The van der Waals surface area contributed by atoms with Crippen LogP contribution in [0, 0.1) is 0 Å². The summed E-state index contributed by atoms with van der Waals surface area (Å²) in [7, 11) is 0. The number of rotatable bonds is 2. The zero-order valence-electron chi connectivity index (χ0n) is 5.62.